The van der Waals surface area contributed by atoms with Gasteiger partial charge >= 0.3 is 0 Å². The van der Waals surface area contributed by atoms with Gasteiger partial charge in [-0.1, -0.05) is 6.08 Å². The molecule has 2 aromatic carbocycles. The maximum absolute atomic E-state index is 12.5. The number of rotatable bonds is 9. The van der Waals surface area contributed by atoms with Gasteiger partial charge in [0, 0.05) is 11.1 Å². The third kappa shape index (κ3) is 6.15. The van der Waals surface area contributed by atoms with Crippen molar-refractivity contribution in [1.29, 1.82) is 0 Å². The lowest BCUT2D eigenvalue weighted by Gasteiger charge is -2.18. The van der Waals surface area contributed by atoms with Gasteiger partial charge in [-0.15, -0.1) is 0 Å². The standard InChI is InChI=1S/C24H30O4/c1-7-26-21-11-9-20(10-12-21)22(25)13-8-19-14-23(27-16(2)3)18(6)24(15-19)28-17(4)5/h8-17H,7H2,1-6H3/b13-8+. The third-order valence-electron chi connectivity index (χ3n) is 3.94. The van der Waals surface area contributed by atoms with Crippen molar-refractivity contribution in [2.45, 2.75) is 53.8 Å². The summed E-state index contributed by atoms with van der Waals surface area (Å²) in [7, 11) is 0. The zero-order valence-corrected chi connectivity index (χ0v) is 17.6. The Kier molecular flexibility index (Phi) is 7.68. The van der Waals surface area contributed by atoms with E-state index in [1.165, 1.54) is 0 Å². The second kappa shape index (κ2) is 9.98. The molecule has 0 bridgehead atoms. The zero-order chi connectivity index (χ0) is 20.7. The number of ketones is 1. The van der Waals surface area contributed by atoms with Gasteiger partial charge < -0.3 is 14.2 Å². The first kappa shape index (κ1) is 21.5. The lowest BCUT2D eigenvalue weighted by Crippen LogP contribution is -2.10. The van der Waals surface area contributed by atoms with Gasteiger partial charge in [-0.2, -0.15) is 0 Å². The molecule has 0 heterocycles. The normalized spacial score (nSPS) is 11.3. The summed E-state index contributed by atoms with van der Waals surface area (Å²) in [6, 6.07) is 11.0. The molecular weight excluding hydrogens is 352 g/mol. The summed E-state index contributed by atoms with van der Waals surface area (Å²) in [6.45, 7) is 12.5. The molecule has 0 aliphatic rings. The van der Waals surface area contributed by atoms with Crippen LogP contribution in [0.2, 0.25) is 0 Å². The van der Waals surface area contributed by atoms with Crippen molar-refractivity contribution in [3.8, 4) is 17.2 Å². The van der Waals surface area contributed by atoms with Crippen LogP contribution in [0.3, 0.4) is 0 Å². The SMILES string of the molecule is CCOc1ccc(C(=O)/C=C/c2cc(OC(C)C)c(C)c(OC(C)C)c2)cc1. The van der Waals surface area contributed by atoms with E-state index in [9.17, 15) is 4.79 Å². The number of hydrogen-bond donors (Lipinski definition) is 0. The van der Waals surface area contributed by atoms with E-state index in [4.69, 9.17) is 14.2 Å². The minimum atomic E-state index is -0.0683. The predicted molar refractivity (Wildman–Crippen MR) is 114 cm³/mol. The van der Waals surface area contributed by atoms with Crippen LogP contribution < -0.4 is 14.2 Å². The summed E-state index contributed by atoms with van der Waals surface area (Å²) in [5.74, 6) is 2.22. The predicted octanol–water partition coefficient (Wildman–Crippen LogP) is 5.86. The number of hydrogen-bond acceptors (Lipinski definition) is 4. The largest absolute Gasteiger partial charge is 0.494 e. The van der Waals surface area contributed by atoms with Gasteiger partial charge in [0.1, 0.15) is 17.2 Å². The second-order valence-electron chi connectivity index (χ2n) is 7.13. The zero-order valence-electron chi connectivity index (χ0n) is 17.6. The fourth-order valence-corrected chi connectivity index (χ4v) is 2.68. The number of benzene rings is 2. The van der Waals surface area contributed by atoms with Crippen molar-refractivity contribution in [3.05, 3.63) is 59.2 Å². The Balaban J connectivity index is 2.26. The van der Waals surface area contributed by atoms with Crippen molar-refractivity contribution in [1.82, 2.24) is 0 Å². The molecule has 0 atom stereocenters. The molecule has 2 rings (SSSR count). The van der Waals surface area contributed by atoms with Crippen molar-refractivity contribution in [3.63, 3.8) is 0 Å². The van der Waals surface area contributed by atoms with Crippen molar-refractivity contribution in [2.75, 3.05) is 6.61 Å². The van der Waals surface area contributed by atoms with Crippen LogP contribution in [0, 0.1) is 6.92 Å². The van der Waals surface area contributed by atoms with Gasteiger partial charge in [0.05, 0.1) is 18.8 Å². The topological polar surface area (TPSA) is 44.8 Å². The van der Waals surface area contributed by atoms with Gasteiger partial charge in [-0.25, -0.2) is 0 Å². The molecule has 0 amide bonds. The second-order valence-corrected chi connectivity index (χ2v) is 7.13. The minimum Gasteiger partial charge on any atom is -0.494 e. The molecule has 2 aromatic rings. The van der Waals surface area contributed by atoms with Crippen molar-refractivity contribution >= 4 is 11.9 Å². The molecule has 0 saturated carbocycles. The molecule has 0 aromatic heterocycles. The average molecular weight is 383 g/mol. The summed E-state index contributed by atoms with van der Waals surface area (Å²) in [5, 5.41) is 0. The van der Waals surface area contributed by atoms with Crippen LogP contribution in [0.25, 0.3) is 6.08 Å². The summed E-state index contributed by atoms with van der Waals surface area (Å²) >= 11 is 0. The van der Waals surface area contributed by atoms with Crippen LogP contribution in [-0.2, 0) is 0 Å². The van der Waals surface area contributed by atoms with Crippen LogP contribution in [0.4, 0.5) is 0 Å². The Morgan fingerprint density at radius 3 is 1.96 bits per heavy atom. The third-order valence-corrected chi connectivity index (χ3v) is 3.94. The number of carbonyl (C=O) groups excluding carboxylic acids is 1. The monoisotopic (exact) mass is 382 g/mol. The molecule has 0 N–H and O–H groups in total. The van der Waals surface area contributed by atoms with Gasteiger partial charge in [0.2, 0.25) is 0 Å². The number of ether oxygens (including phenoxy) is 3. The van der Waals surface area contributed by atoms with E-state index < -0.39 is 0 Å². The first-order valence-electron chi connectivity index (χ1n) is 9.73. The minimum absolute atomic E-state index is 0.0512. The smallest absolute Gasteiger partial charge is 0.185 e. The van der Waals surface area contributed by atoms with Crippen molar-refractivity contribution < 1.29 is 19.0 Å². The highest BCUT2D eigenvalue weighted by Gasteiger charge is 2.12. The molecule has 0 radical (unpaired) electrons. The Morgan fingerprint density at radius 2 is 1.50 bits per heavy atom. The van der Waals surface area contributed by atoms with Crippen LogP contribution >= 0.6 is 0 Å². The van der Waals surface area contributed by atoms with Gasteiger partial charge in [-0.05, 0) is 89.6 Å². The highest BCUT2D eigenvalue weighted by molar-refractivity contribution is 6.06. The maximum Gasteiger partial charge on any atom is 0.185 e. The van der Waals surface area contributed by atoms with Crippen LogP contribution in [0.1, 0.15) is 56.1 Å². The molecule has 0 aliphatic heterocycles. The molecule has 28 heavy (non-hydrogen) atoms. The van der Waals surface area contributed by atoms with E-state index in [0.717, 1.165) is 28.4 Å². The Morgan fingerprint density at radius 1 is 0.964 bits per heavy atom. The van der Waals surface area contributed by atoms with Crippen LogP contribution in [-0.4, -0.2) is 24.6 Å². The lowest BCUT2D eigenvalue weighted by molar-refractivity contribution is 0.104. The van der Waals surface area contributed by atoms with E-state index in [0.29, 0.717) is 12.2 Å². The van der Waals surface area contributed by atoms with E-state index in [1.807, 2.05) is 53.7 Å². The molecule has 0 unspecified atom stereocenters. The molecule has 0 fully saturated rings. The van der Waals surface area contributed by atoms with E-state index in [1.54, 1.807) is 36.4 Å². The van der Waals surface area contributed by atoms with Gasteiger partial charge in [-0.3, -0.25) is 4.79 Å². The molecule has 0 spiro atoms. The molecule has 4 heteroatoms. The molecule has 0 aliphatic carbocycles. The molecule has 4 nitrogen and oxygen atoms in total. The van der Waals surface area contributed by atoms with Gasteiger partial charge in [0.15, 0.2) is 5.78 Å². The first-order chi connectivity index (χ1) is 13.3. The summed E-state index contributed by atoms with van der Waals surface area (Å²) in [6.07, 6.45) is 3.46. The fraction of sp³-hybridized carbons (Fsp3) is 0.375. The lowest BCUT2D eigenvalue weighted by atomic mass is 10.1. The van der Waals surface area contributed by atoms with Crippen LogP contribution in [0.15, 0.2) is 42.5 Å². The Bertz CT molecular complexity index is 786. The molecular formula is C24H30O4. The summed E-state index contributed by atoms with van der Waals surface area (Å²) in [5.41, 5.74) is 2.43. The highest BCUT2D eigenvalue weighted by Crippen LogP contribution is 2.32. The quantitative estimate of drug-likeness (QED) is 0.402. The fourth-order valence-electron chi connectivity index (χ4n) is 2.68. The summed E-state index contributed by atoms with van der Waals surface area (Å²) in [4.78, 5) is 12.5. The average Bonchev–Trinajstić information content (AvgIpc) is 2.63. The highest BCUT2D eigenvalue weighted by atomic mass is 16.5. The van der Waals surface area contributed by atoms with E-state index in [2.05, 4.69) is 0 Å². The van der Waals surface area contributed by atoms with E-state index >= 15 is 0 Å². The van der Waals surface area contributed by atoms with Crippen LogP contribution in [0.5, 0.6) is 17.2 Å². The maximum atomic E-state index is 12.5. The molecule has 0 saturated heterocycles. The Labute approximate surface area is 168 Å². The number of carbonyl (C=O) groups is 1. The van der Waals surface area contributed by atoms with Gasteiger partial charge in [0.25, 0.3) is 0 Å². The summed E-state index contributed by atoms with van der Waals surface area (Å²) < 4.78 is 17.3. The molecule has 150 valence electrons. The van der Waals surface area contributed by atoms with E-state index in [-0.39, 0.29) is 18.0 Å². The number of allylic oxidation sites excluding steroid dienone is 1. The van der Waals surface area contributed by atoms with Crippen molar-refractivity contribution in [2.24, 2.45) is 0 Å². The first-order valence-corrected chi connectivity index (χ1v) is 9.73. The Hall–Kier alpha value is -2.75.